The molecule has 1 aromatic carbocycles. The number of halogens is 1. The van der Waals surface area contributed by atoms with Gasteiger partial charge in [-0.25, -0.2) is 0 Å². The molecule has 0 amide bonds. The zero-order valence-electron chi connectivity index (χ0n) is 8.02. The monoisotopic (exact) mass is 219 g/mol. The van der Waals surface area contributed by atoms with E-state index in [4.69, 9.17) is 11.6 Å². The standard InChI is InChI=1S/C12H10ClNO/c13-11-3-4-12(15)10(7-11)6-9-2-1-5-14-8-9/h1-5,7-8,15H,6H2. The minimum atomic E-state index is 0.267. The summed E-state index contributed by atoms with van der Waals surface area (Å²) in [5.41, 5.74) is 1.87. The Balaban J connectivity index is 2.28. The molecule has 0 fully saturated rings. The van der Waals surface area contributed by atoms with Crippen molar-refractivity contribution in [2.75, 3.05) is 0 Å². The molecule has 15 heavy (non-hydrogen) atoms. The fourth-order valence-electron chi connectivity index (χ4n) is 1.42. The normalized spacial score (nSPS) is 10.2. The van der Waals surface area contributed by atoms with E-state index < -0.39 is 0 Å². The zero-order chi connectivity index (χ0) is 10.7. The van der Waals surface area contributed by atoms with E-state index in [-0.39, 0.29) is 5.75 Å². The summed E-state index contributed by atoms with van der Waals surface area (Å²) in [7, 11) is 0. The summed E-state index contributed by atoms with van der Waals surface area (Å²) in [5.74, 6) is 0.267. The fourth-order valence-corrected chi connectivity index (χ4v) is 1.61. The van der Waals surface area contributed by atoms with Crippen molar-refractivity contribution < 1.29 is 5.11 Å². The lowest BCUT2D eigenvalue weighted by Crippen LogP contribution is -1.89. The van der Waals surface area contributed by atoms with E-state index in [1.165, 1.54) is 0 Å². The van der Waals surface area contributed by atoms with Crippen LogP contribution in [0, 0.1) is 0 Å². The molecule has 3 heteroatoms. The van der Waals surface area contributed by atoms with Crippen molar-refractivity contribution in [3.63, 3.8) is 0 Å². The summed E-state index contributed by atoms with van der Waals surface area (Å²) in [4.78, 5) is 4.02. The van der Waals surface area contributed by atoms with Gasteiger partial charge in [-0.15, -0.1) is 0 Å². The van der Waals surface area contributed by atoms with Gasteiger partial charge >= 0.3 is 0 Å². The van der Waals surface area contributed by atoms with Crippen LogP contribution in [0.25, 0.3) is 0 Å². The van der Waals surface area contributed by atoms with Gasteiger partial charge in [0, 0.05) is 23.8 Å². The fraction of sp³-hybridized carbons (Fsp3) is 0.0833. The molecule has 0 aliphatic rings. The average molecular weight is 220 g/mol. The van der Waals surface area contributed by atoms with Crippen LogP contribution in [-0.4, -0.2) is 10.1 Å². The molecule has 0 spiro atoms. The van der Waals surface area contributed by atoms with Gasteiger partial charge < -0.3 is 5.11 Å². The van der Waals surface area contributed by atoms with Gasteiger partial charge in [-0.3, -0.25) is 4.98 Å². The second-order valence-corrected chi connectivity index (χ2v) is 3.75. The van der Waals surface area contributed by atoms with Crippen molar-refractivity contribution in [2.45, 2.75) is 6.42 Å². The van der Waals surface area contributed by atoms with Gasteiger partial charge in [0.2, 0.25) is 0 Å². The molecule has 0 saturated heterocycles. The molecule has 0 aliphatic carbocycles. The van der Waals surface area contributed by atoms with Crippen LogP contribution in [0.2, 0.25) is 5.02 Å². The lowest BCUT2D eigenvalue weighted by atomic mass is 10.1. The van der Waals surface area contributed by atoms with Crippen molar-refractivity contribution in [3.05, 3.63) is 58.9 Å². The Kier molecular flexibility index (Phi) is 2.88. The highest BCUT2D eigenvalue weighted by molar-refractivity contribution is 6.30. The van der Waals surface area contributed by atoms with Gasteiger partial charge in [-0.2, -0.15) is 0 Å². The number of aromatic nitrogens is 1. The van der Waals surface area contributed by atoms with Crippen LogP contribution >= 0.6 is 11.6 Å². The molecule has 1 heterocycles. The first-order valence-electron chi connectivity index (χ1n) is 4.62. The summed E-state index contributed by atoms with van der Waals surface area (Å²) < 4.78 is 0. The van der Waals surface area contributed by atoms with E-state index >= 15 is 0 Å². The first-order valence-corrected chi connectivity index (χ1v) is 5.00. The third kappa shape index (κ3) is 2.48. The molecule has 1 aromatic heterocycles. The molecule has 0 radical (unpaired) electrons. The summed E-state index contributed by atoms with van der Waals surface area (Å²) in [6.07, 6.45) is 4.14. The minimum Gasteiger partial charge on any atom is -0.508 e. The van der Waals surface area contributed by atoms with Crippen LogP contribution in [0.1, 0.15) is 11.1 Å². The lowest BCUT2D eigenvalue weighted by Gasteiger charge is -2.04. The number of pyridine rings is 1. The Hall–Kier alpha value is -1.54. The number of hydrogen-bond donors (Lipinski definition) is 1. The molecule has 1 N–H and O–H groups in total. The molecule has 0 atom stereocenters. The lowest BCUT2D eigenvalue weighted by molar-refractivity contribution is 0.469. The van der Waals surface area contributed by atoms with E-state index in [9.17, 15) is 5.11 Å². The Morgan fingerprint density at radius 3 is 2.87 bits per heavy atom. The van der Waals surface area contributed by atoms with Crippen LogP contribution in [0.4, 0.5) is 0 Å². The number of phenolic OH excluding ortho intramolecular Hbond substituents is 1. The molecule has 0 unspecified atom stereocenters. The molecule has 76 valence electrons. The molecular formula is C12H10ClNO. The topological polar surface area (TPSA) is 33.1 Å². The summed E-state index contributed by atoms with van der Waals surface area (Å²) in [6, 6.07) is 8.88. The Morgan fingerprint density at radius 1 is 1.27 bits per heavy atom. The van der Waals surface area contributed by atoms with Crippen LogP contribution in [0.5, 0.6) is 5.75 Å². The average Bonchev–Trinajstić information content (AvgIpc) is 2.25. The molecule has 2 rings (SSSR count). The van der Waals surface area contributed by atoms with Crippen molar-refractivity contribution in [2.24, 2.45) is 0 Å². The molecule has 0 saturated carbocycles. The van der Waals surface area contributed by atoms with Gasteiger partial charge in [-0.1, -0.05) is 17.7 Å². The highest BCUT2D eigenvalue weighted by Crippen LogP contribution is 2.23. The van der Waals surface area contributed by atoms with E-state index in [1.54, 1.807) is 30.6 Å². The van der Waals surface area contributed by atoms with Crippen molar-refractivity contribution in [1.29, 1.82) is 0 Å². The Morgan fingerprint density at radius 2 is 2.13 bits per heavy atom. The first kappa shape index (κ1) is 9.99. The predicted molar refractivity (Wildman–Crippen MR) is 60.2 cm³/mol. The van der Waals surface area contributed by atoms with Gasteiger partial charge in [0.05, 0.1) is 0 Å². The second kappa shape index (κ2) is 4.32. The summed E-state index contributed by atoms with van der Waals surface area (Å²) >= 11 is 5.86. The Labute approximate surface area is 93.2 Å². The van der Waals surface area contributed by atoms with Gasteiger partial charge in [0.25, 0.3) is 0 Å². The maximum Gasteiger partial charge on any atom is 0.119 e. The van der Waals surface area contributed by atoms with Crippen molar-refractivity contribution >= 4 is 11.6 Å². The van der Waals surface area contributed by atoms with E-state index in [2.05, 4.69) is 4.98 Å². The maximum absolute atomic E-state index is 9.62. The van der Waals surface area contributed by atoms with Crippen LogP contribution in [0.15, 0.2) is 42.7 Å². The van der Waals surface area contributed by atoms with E-state index in [1.807, 2.05) is 12.1 Å². The van der Waals surface area contributed by atoms with Crippen LogP contribution in [-0.2, 0) is 6.42 Å². The smallest absolute Gasteiger partial charge is 0.119 e. The number of benzene rings is 1. The molecule has 0 aliphatic heterocycles. The quantitative estimate of drug-likeness (QED) is 0.842. The molecule has 2 aromatic rings. The van der Waals surface area contributed by atoms with Gasteiger partial charge in [0.1, 0.15) is 5.75 Å². The summed E-state index contributed by atoms with van der Waals surface area (Å²) in [5, 5.41) is 10.2. The number of aromatic hydroxyl groups is 1. The van der Waals surface area contributed by atoms with Crippen molar-refractivity contribution in [3.8, 4) is 5.75 Å². The Bertz CT molecular complexity index is 456. The number of nitrogens with zero attached hydrogens (tertiary/aromatic N) is 1. The van der Waals surface area contributed by atoms with Gasteiger partial charge in [0.15, 0.2) is 0 Å². The first-order chi connectivity index (χ1) is 7.25. The van der Waals surface area contributed by atoms with Crippen LogP contribution in [0.3, 0.4) is 0 Å². The van der Waals surface area contributed by atoms with E-state index in [0.29, 0.717) is 11.4 Å². The third-order valence-electron chi connectivity index (χ3n) is 2.16. The maximum atomic E-state index is 9.62. The van der Waals surface area contributed by atoms with Crippen LogP contribution < -0.4 is 0 Å². The molecule has 0 bridgehead atoms. The van der Waals surface area contributed by atoms with E-state index in [0.717, 1.165) is 11.1 Å². The SMILES string of the molecule is Oc1ccc(Cl)cc1Cc1cccnc1. The zero-order valence-corrected chi connectivity index (χ0v) is 8.78. The minimum absolute atomic E-state index is 0.267. The third-order valence-corrected chi connectivity index (χ3v) is 2.39. The molecule has 2 nitrogen and oxygen atoms in total. The number of hydrogen-bond acceptors (Lipinski definition) is 2. The highest BCUT2D eigenvalue weighted by Gasteiger charge is 2.03. The largest absolute Gasteiger partial charge is 0.508 e. The highest BCUT2D eigenvalue weighted by atomic mass is 35.5. The summed E-state index contributed by atoms with van der Waals surface area (Å²) in [6.45, 7) is 0. The molecular weight excluding hydrogens is 210 g/mol. The predicted octanol–water partition coefficient (Wildman–Crippen LogP) is 3.03. The van der Waals surface area contributed by atoms with Crippen molar-refractivity contribution in [1.82, 2.24) is 4.98 Å². The van der Waals surface area contributed by atoms with Gasteiger partial charge in [-0.05, 0) is 35.4 Å². The number of rotatable bonds is 2. The second-order valence-electron chi connectivity index (χ2n) is 3.31. The number of phenols is 1.